The van der Waals surface area contributed by atoms with Crippen molar-refractivity contribution in [3.05, 3.63) is 39.9 Å². The molecule has 12 heteroatoms. The molecule has 0 saturated carbocycles. The molecule has 1 aromatic rings. The van der Waals surface area contributed by atoms with Crippen molar-refractivity contribution >= 4 is 40.3 Å². The molecule has 1 aromatic carbocycles. The van der Waals surface area contributed by atoms with Crippen molar-refractivity contribution in [2.24, 2.45) is 10.7 Å². The molecule has 2 heterocycles. The van der Waals surface area contributed by atoms with Gasteiger partial charge in [-0.05, 0) is 37.6 Å². The molecule has 0 spiro atoms. The van der Waals surface area contributed by atoms with E-state index in [1.807, 2.05) is 11.9 Å². The highest BCUT2D eigenvalue weighted by Gasteiger charge is 2.39. The zero-order valence-corrected chi connectivity index (χ0v) is 20.0. The van der Waals surface area contributed by atoms with Gasteiger partial charge >= 0.3 is 5.97 Å². The molecule has 184 valence electrons. The van der Waals surface area contributed by atoms with Crippen molar-refractivity contribution in [1.29, 1.82) is 0 Å². The lowest BCUT2D eigenvalue weighted by Gasteiger charge is -2.24. The summed E-state index contributed by atoms with van der Waals surface area (Å²) in [6.45, 7) is 3.23. The predicted molar refractivity (Wildman–Crippen MR) is 127 cm³/mol. The number of hydrogen-bond donors (Lipinski definition) is 1. The Morgan fingerprint density at radius 2 is 1.97 bits per heavy atom. The summed E-state index contributed by atoms with van der Waals surface area (Å²) in [4.78, 5) is 54.8. The fourth-order valence-corrected chi connectivity index (χ4v) is 5.23. The molecule has 2 N–H and O–H groups in total. The molecule has 2 aliphatic rings. The maximum Gasteiger partial charge on any atom is 0.313 e. The number of carbonyl (C=O) groups excluding carboxylic acids is 3. The van der Waals surface area contributed by atoms with Crippen LogP contribution in [0, 0.1) is 10.1 Å². The fraction of sp³-hybridized carbons (Fsp3) is 0.545. The van der Waals surface area contributed by atoms with Crippen molar-refractivity contribution in [2.45, 2.75) is 50.1 Å². The average Bonchev–Trinajstić information content (AvgIpc) is 3.37. The van der Waals surface area contributed by atoms with E-state index in [-0.39, 0.29) is 52.9 Å². The van der Waals surface area contributed by atoms with Gasteiger partial charge in [0, 0.05) is 43.9 Å². The Balaban J connectivity index is 1.44. The Bertz CT molecular complexity index is 969. The van der Waals surface area contributed by atoms with Gasteiger partial charge in [0.25, 0.3) is 5.69 Å². The smallest absolute Gasteiger partial charge is 0.313 e. The van der Waals surface area contributed by atoms with Gasteiger partial charge in [-0.3, -0.25) is 34.4 Å². The molecule has 34 heavy (non-hydrogen) atoms. The molecular weight excluding hydrogens is 462 g/mol. The molecule has 2 aliphatic heterocycles. The minimum absolute atomic E-state index is 0.0202. The number of thioether (sulfide) groups is 1. The lowest BCUT2D eigenvalue weighted by Crippen LogP contribution is -2.43. The molecule has 3 rings (SSSR count). The average molecular weight is 492 g/mol. The molecule has 0 unspecified atom stereocenters. The maximum absolute atomic E-state index is 13.0. The summed E-state index contributed by atoms with van der Waals surface area (Å²) in [5.74, 6) is -0.371. The summed E-state index contributed by atoms with van der Waals surface area (Å²) in [6.07, 6.45) is 1.13. The number of benzene rings is 1. The van der Waals surface area contributed by atoms with Crippen molar-refractivity contribution in [3.8, 4) is 0 Å². The lowest BCUT2D eigenvalue weighted by atomic mass is 10.2. The second-order valence-electron chi connectivity index (χ2n) is 8.53. The van der Waals surface area contributed by atoms with Crippen LogP contribution in [0.5, 0.6) is 0 Å². The Morgan fingerprint density at radius 1 is 1.26 bits per heavy atom. The zero-order chi connectivity index (χ0) is 24.8. The van der Waals surface area contributed by atoms with Crippen molar-refractivity contribution in [2.75, 3.05) is 26.7 Å². The van der Waals surface area contributed by atoms with Gasteiger partial charge in [0.15, 0.2) is 5.12 Å². The third-order valence-corrected chi connectivity index (χ3v) is 6.83. The van der Waals surface area contributed by atoms with E-state index in [1.54, 1.807) is 11.8 Å². The first kappa shape index (κ1) is 25.6. The van der Waals surface area contributed by atoms with Crippen LogP contribution in [0.3, 0.4) is 0 Å². The van der Waals surface area contributed by atoms with Gasteiger partial charge in [0.2, 0.25) is 5.91 Å². The van der Waals surface area contributed by atoms with E-state index in [9.17, 15) is 24.5 Å². The number of amidine groups is 1. The number of esters is 1. The van der Waals surface area contributed by atoms with E-state index in [0.29, 0.717) is 38.0 Å². The van der Waals surface area contributed by atoms with Gasteiger partial charge in [-0.15, -0.1) is 0 Å². The van der Waals surface area contributed by atoms with Gasteiger partial charge in [0.05, 0.1) is 17.0 Å². The Hall–Kier alpha value is -2.99. The molecule has 0 aliphatic carbocycles. The van der Waals surface area contributed by atoms with Crippen molar-refractivity contribution < 1.29 is 24.0 Å². The summed E-state index contributed by atoms with van der Waals surface area (Å²) in [7, 11) is 1.90. The van der Waals surface area contributed by atoms with Crippen LogP contribution in [-0.4, -0.2) is 81.6 Å². The first-order valence-corrected chi connectivity index (χ1v) is 11.9. The minimum atomic E-state index is -0.549. The molecule has 2 saturated heterocycles. The molecule has 0 aromatic heterocycles. The number of amides is 1. The number of non-ortho nitro benzene ring substituents is 1. The first-order chi connectivity index (χ1) is 16.1. The third kappa shape index (κ3) is 7.00. The molecular formula is C22H29N5O6S. The van der Waals surface area contributed by atoms with Gasteiger partial charge in [-0.25, -0.2) is 0 Å². The molecule has 3 atom stereocenters. The van der Waals surface area contributed by atoms with Crippen LogP contribution in [0.1, 0.15) is 31.7 Å². The number of aliphatic imine (C=N–C) groups is 1. The number of hydrogen-bond acceptors (Lipinski definition) is 9. The van der Waals surface area contributed by atoms with Gasteiger partial charge in [-0.1, -0.05) is 11.8 Å². The third-order valence-electron chi connectivity index (χ3n) is 5.82. The van der Waals surface area contributed by atoms with Crippen LogP contribution in [0.15, 0.2) is 29.3 Å². The molecule has 1 amide bonds. The fourth-order valence-electron chi connectivity index (χ4n) is 4.18. The Morgan fingerprint density at radius 3 is 2.62 bits per heavy atom. The maximum atomic E-state index is 13.0. The topological polar surface area (TPSA) is 148 Å². The van der Waals surface area contributed by atoms with Crippen LogP contribution < -0.4 is 5.73 Å². The highest BCUT2D eigenvalue weighted by atomic mass is 32.2. The van der Waals surface area contributed by atoms with Crippen LogP contribution in [0.25, 0.3) is 0 Å². The highest BCUT2D eigenvalue weighted by molar-refractivity contribution is 8.14. The van der Waals surface area contributed by atoms with Crippen molar-refractivity contribution in [1.82, 2.24) is 9.80 Å². The second kappa shape index (κ2) is 11.4. The van der Waals surface area contributed by atoms with E-state index >= 15 is 0 Å². The number of nitrogens with two attached hydrogens (primary N) is 1. The second-order valence-corrected chi connectivity index (χ2v) is 10.0. The number of rotatable bonds is 8. The summed E-state index contributed by atoms with van der Waals surface area (Å²) in [6, 6.07) is 5.31. The quantitative estimate of drug-likeness (QED) is 0.187. The van der Waals surface area contributed by atoms with E-state index < -0.39 is 10.9 Å². The van der Waals surface area contributed by atoms with Crippen LogP contribution in [0.4, 0.5) is 5.69 Å². The molecule has 0 radical (unpaired) electrons. The SMILES string of the molecule is CC(=O)S[C@H]1C[C@@H](C(=O)N2CC[C@@H](N=C(N)CC(=O)OCc3ccc([N+](=O)[O-])cc3)C2)N(C)C1. The summed E-state index contributed by atoms with van der Waals surface area (Å²) in [5, 5.41) is 10.9. The molecule has 0 bridgehead atoms. The highest BCUT2D eigenvalue weighted by Crippen LogP contribution is 2.29. The zero-order valence-electron chi connectivity index (χ0n) is 19.2. The standard InChI is InChI=1S/C22H29N5O6S/c1-14(28)34-18-9-19(25(2)12-18)22(30)26-8-7-16(11-26)24-20(23)10-21(29)33-13-15-3-5-17(6-4-15)27(31)32/h3-6,16,18-19H,7-13H2,1-2H3,(H2,23,24)/t16-,18+,19+/m1/s1. The number of ether oxygens (including phenoxy) is 1. The van der Waals surface area contributed by atoms with Crippen LogP contribution in [0.2, 0.25) is 0 Å². The largest absolute Gasteiger partial charge is 0.460 e. The predicted octanol–water partition coefficient (Wildman–Crippen LogP) is 1.34. The van der Waals surface area contributed by atoms with E-state index in [0.717, 1.165) is 0 Å². The number of nitrogens with zero attached hydrogens (tertiary/aromatic N) is 4. The van der Waals surface area contributed by atoms with Crippen LogP contribution >= 0.6 is 11.8 Å². The number of carbonyl (C=O) groups is 3. The molecule has 11 nitrogen and oxygen atoms in total. The molecule has 2 fully saturated rings. The lowest BCUT2D eigenvalue weighted by molar-refractivity contribution is -0.384. The van der Waals surface area contributed by atoms with Gasteiger partial charge < -0.3 is 15.4 Å². The monoisotopic (exact) mass is 491 g/mol. The van der Waals surface area contributed by atoms with E-state index in [1.165, 1.54) is 36.0 Å². The number of likely N-dealkylation sites (tertiary alicyclic amines) is 2. The van der Waals surface area contributed by atoms with Gasteiger partial charge in [-0.2, -0.15) is 0 Å². The first-order valence-electron chi connectivity index (χ1n) is 11.0. The number of nitro groups is 1. The summed E-state index contributed by atoms with van der Waals surface area (Å²) < 4.78 is 5.17. The Labute approximate surface area is 201 Å². The number of likely N-dealkylation sites (N-methyl/N-ethyl adjacent to an activating group) is 1. The number of nitro benzene ring substituents is 1. The summed E-state index contributed by atoms with van der Waals surface area (Å²) >= 11 is 1.29. The van der Waals surface area contributed by atoms with Crippen LogP contribution in [-0.2, 0) is 25.7 Å². The van der Waals surface area contributed by atoms with Gasteiger partial charge in [0.1, 0.15) is 18.9 Å². The minimum Gasteiger partial charge on any atom is -0.460 e. The van der Waals surface area contributed by atoms with E-state index in [2.05, 4.69) is 4.99 Å². The van der Waals surface area contributed by atoms with E-state index in [4.69, 9.17) is 10.5 Å². The summed E-state index contributed by atoms with van der Waals surface area (Å²) in [5.41, 5.74) is 6.52. The Kier molecular flexibility index (Phi) is 8.61. The normalized spacial score (nSPS) is 23.2. The van der Waals surface area contributed by atoms with Crippen molar-refractivity contribution in [3.63, 3.8) is 0 Å².